The van der Waals surface area contributed by atoms with Crippen LogP contribution in [0.2, 0.25) is 0 Å². The van der Waals surface area contributed by atoms with Gasteiger partial charge >= 0.3 is 0 Å². The van der Waals surface area contributed by atoms with Gasteiger partial charge < -0.3 is 11.1 Å². The Labute approximate surface area is 149 Å². The number of rotatable bonds is 2. The Bertz CT molecular complexity index is 450. The molecule has 0 aromatic carbocycles. The lowest BCUT2D eigenvalue weighted by Crippen LogP contribution is -2.57. The van der Waals surface area contributed by atoms with Crippen molar-refractivity contribution in [3.05, 3.63) is 11.1 Å². The number of hydrogen-bond donors (Lipinski definition) is 2. The smallest absolute Gasteiger partial charge is 0.180 e. The van der Waals surface area contributed by atoms with E-state index in [0.717, 1.165) is 19.6 Å². The first-order chi connectivity index (χ1) is 9.68. The minimum atomic E-state index is 0. The highest BCUT2D eigenvalue weighted by Gasteiger charge is 2.38. The second-order valence-corrected chi connectivity index (χ2v) is 7.27. The molecule has 3 rings (SSSR count). The van der Waals surface area contributed by atoms with Crippen molar-refractivity contribution in [1.82, 2.24) is 20.1 Å². The Morgan fingerprint density at radius 2 is 2.05 bits per heavy atom. The van der Waals surface area contributed by atoms with Crippen LogP contribution in [-0.2, 0) is 6.54 Å². The van der Waals surface area contributed by atoms with Gasteiger partial charge in [-0.2, -0.15) is 0 Å². The largest absolute Gasteiger partial charge is 0.375 e. The molecule has 0 aliphatic carbocycles. The van der Waals surface area contributed by atoms with Crippen molar-refractivity contribution in [2.45, 2.75) is 31.3 Å². The minimum Gasteiger partial charge on any atom is -0.375 e. The molecule has 2 aliphatic rings. The van der Waals surface area contributed by atoms with E-state index in [-0.39, 0.29) is 24.8 Å². The molecule has 0 unspecified atom stereocenters. The molecule has 0 saturated carbocycles. The second-order valence-electron chi connectivity index (χ2n) is 6.12. The van der Waals surface area contributed by atoms with Crippen LogP contribution in [0, 0.1) is 0 Å². The zero-order valence-electron chi connectivity index (χ0n) is 13.1. The molecule has 2 aliphatic heterocycles. The van der Waals surface area contributed by atoms with Crippen LogP contribution >= 0.6 is 36.2 Å². The molecule has 1 aromatic rings. The molecule has 2 fully saturated rings. The number of nitrogens with one attached hydrogen (secondary N) is 1. The number of thiazole rings is 1. The number of nitrogen functional groups attached to an aromatic ring is 1. The number of anilines is 1. The third-order valence-corrected chi connectivity index (χ3v) is 5.59. The van der Waals surface area contributed by atoms with Gasteiger partial charge in [-0.15, -0.1) is 36.2 Å². The number of aromatic nitrogens is 1. The second kappa shape index (κ2) is 8.66. The quantitative estimate of drug-likeness (QED) is 0.834. The van der Waals surface area contributed by atoms with Gasteiger partial charge in [0.1, 0.15) is 0 Å². The first-order valence-electron chi connectivity index (χ1n) is 7.52. The molecule has 0 amide bonds. The Kier molecular flexibility index (Phi) is 7.85. The summed E-state index contributed by atoms with van der Waals surface area (Å²) in [6.07, 6.45) is 5.69. The lowest BCUT2D eigenvalue weighted by atomic mass is 9.86. The van der Waals surface area contributed by atoms with Crippen LogP contribution in [0.5, 0.6) is 0 Å². The fraction of sp³-hybridized carbons (Fsp3) is 0.786. The van der Waals surface area contributed by atoms with Gasteiger partial charge in [-0.3, -0.25) is 9.80 Å². The summed E-state index contributed by atoms with van der Waals surface area (Å²) in [7, 11) is 2.31. The lowest BCUT2D eigenvalue weighted by Gasteiger charge is -2.45. The topological polar surface area (TPSA) is 57.4 Å². The van der Waals surface area contributed by atoms with Crippen molar-refractivity contribution in [2.75, 3.05) is 45.5 Å². The van der Waals surface area contributed by atoms with Crippen LogP contribution in [0.3, 0.4) is 0 Å². The van der Waals surface area contributed by atoms with Gasteiger partial charge in [-0.25, -0.2) is 4.98 Å². The number of halogens is 2. The van der Waals surface area contributed by atoms with E-state index in [1.54, 1.807) is 11.3 Å². The summed E-state index contributed by atoms with van der Waals surface area (Å²) < 4.78 is 0. The summed E-state index contributed by atoms with van der Waals surface area (Å²) in [4.78, 5) is 10.7. The Morgan fingerprint density at radius 1 is 1.32 bits per heavy atom. The van der Waals surface area contributed by atoms with Crippen molar-refractivity contribution in [3.8, 4) is 0 Å². The van der Waals surface area contributed by atoms with E-state index >= 15 is 0 Å². The summed E-state index contributed by atoms with van der Waals surface area (Å²) in [5.41, 5.74) is 6.10. The molecule has 1 spiro atoms. The maximum atomic E-state index is 5.75. The van der Waals surface area contributed by atoms with E-state index < -0.39 is 0 Å². The van der Waals surface area contributed by atoms with Crippen molar-refractivity contribution in [2.24, 2.45) is 0 Å². The predicted molar refractivity (Wildman–Crippen MR) is 98.4 cm³/mol. The minimum absolute atomic E-state index is 0. The van der Waals surface area contributed by atoms with E-state index in [0.29, 0.717) is 10.7 Å². The number of likely N-dealkylation sites (N-methyl/N-ethyl adjacent to an activating group) is 1. The number of piperidine rings is 1. The fourth-order valence-corrected chi connectivity index (χ4v) is 4.29. The van der Waals surface area contributed by atoms with E-state index in [1.807, 2.05) is 6.20 Å². The molecule has 5 nitrogen and oxygen atoms in total. The standard InChI is InChI=1S/C14H25N5S.2ClH/c1-18-7-2-8-19(10-12-9-17-13(15)20-12)11-14(18)3-5-16-6-4-14;;/h9,16H,2-8,10-11H2,1H3,(H2,15,17);2*1H. The zero-order valence-corrected chi connectivity index (χ0v) is 15.5. The molecule has 0 radical (unpaired) electrons. The summed E-state index contributed by atoms with van der Waals surface area (Å²) in [6.45, 7) is 6.84. The average Bonchev–Trinajstić information content (AvgIpc) is 2.78. The third-order valence-electron chi connectivity index (χ3n) is 4.78. The van der Waals surface area contributed by atoms with Gasteiger partial charge in [0.2, 0.25) is 0 Å². The number of hydrogen-bond acceptors (Lipinski definition) is 6. The van der Waals surface area contributed by atoms with E-state index in [9.17, 15) is 0 Å². The summed E-state index contributed by atoms with van der Waals surface area (Å²) >= 11 is 1.62. The number of nitrogens with zero attached hydrogens (tertiary/aromatic N) is 3. The van der Waals surface area contributed by atoms with Crippen LogP contribution in [0.1, 0.15) is 24.1 Å². The molecule has 1 aromatic heterocycles. The SMILES string of the molecule is CN1CCCN(Cc2cnc(N)s2)CC12CCNCC2.Cl.Cl. The van der Waals surface area contributed by atoms with Gasteiger partial charge in [-0.1, -0.05) is 0 Å². The van der Waals surface area contributed by atoms with Gasteiger partial charge in [0, 0.05) is 29.7 Å². The summed E-state index contributed by atoms with van der Waals surface area (Å²) in [5, 5.41) is 4.18. The van der Waals surface area contributed by atoms with Crippen LogP contribution in [0.25, 0.3) is 0 Å². The molecular formula is C14H27Cl2N5S. The molecule has 0 atom stereocenters. The van der Waals surface area contributed by atoms with Crippen LogP contribution in [-0.4, -0.2) is 60.1 Å². The lowest BCUT2D eigenvalue weighted by molar-refractivity contribution is 0.0640. The molecule has 2 saturated heterocycles. The Morgan fingerprint density at radius 3 is 2.68 bits per heavy atom. The van der Waals surface area contributed by atoms with Crippen LogP contribution < -0.4 is 11.1 Å². The highest BCUT2D eigenvalue weighted by molar-refractivity contribution is 7.15. The van der Waals surface area contributed by atoms with Crippen LogP contribution in [0.15, 0.2) is 6.20 Å². The van der Waals surface area contributed by atoms with Crippen molar-refractivity contribution in [3.63, 3.8) is 0 Å². The monoisotopic (exact) mass is 367 g/mol. The molecule has 128 valence electrons. The van der Waals surface area contributed by atoms with Gasteiger partial charge in [0.25, 0.3) is 0 Å². The molecule has 3 N–H and O–H groups in total. The number of nitrogens with two attached hydrogens (primary N) is 1. The third kappa shape index (κ3) is 4.46. The Balaban J connectivity index is 0.00000121. The highest BCUT2D eigenvalue weighted by atomic mass is 35.5. The van der Waals surface area contributed by atoms with Crippen molar-refractivity contribution < 1.29 is 0 Å². The van der Waals surface area contributed by atoms with Crippen molar-refractivity contribution >= 4 is 41.3 Å². The first-order valence-corrected chi connectivity index (χ1v) is 8.34. The van der Waals surface area contributed by atoms with Crippen LogP contribution in [0.4, 0.5) is 5.13 Å². The Hall–Kier alpha value is -0.110. The molecule has 8 heteroatoms. The summed E-state index contributed by atoms with van der Waals surface area (Å²) in [6, 6.07) is 0. The highest BCUT2D eigenvalue weighted by Crippen LogP contribution is 2.30. The summed E-state index contributed by atoms with van der Waals surface area (Å²) in [5.74, 6) is 0. The fourth-order valence-electron chi connectivity index (χ4n) is 3.57. The van der Waals surface area contributed by atoms with Crippen molar-refractivity contribution in [1.29, 1.82) is 0 Å². The van der Waals surface area contributed by atoms with E-state index in [2.05, 4.69) is 27.1 Å². The molecule has 3 heterocycles. The molecule has 22 heavy (non-hydrogen) atoms. The first kappa shape index (κ1) is 19.9. The normalized spacial score (nSPS) is 22.6. The predicted octanol–water partition coefficient (Wildman–Crippen LogP) is 1.83. The van der Waals surface area contributed by atoms with E-state index in [1.165, 1.54) is 43.8 Å². The molecular weight excluding hydrogens is 341 g/mol. The van der Waals surface area contributed by atoms with E-state index in [4.69, 9.17) is 5.73 Å². The van der Waals surface area contributed by atoms with Gasteiger partial charge in [0.05, 0.1) is 0 Å². The average molecular weight is 368 g/mol. The maximum Gasteiger partial charge on any atom is 0.180 e. The van der Waals surface area contributed by atoms with Gasteiger partial charge in [0.15, 0.2) is 5.13 Å². The zero-order chi connectivity index (χ0) is 14.0. The van der Waals surface area contributed by atoms with Gasteiger partial charge in [-0.05, 0) is 52.5 Å². The molecule has 0 bridgehead atoms. The maximum absolute atomic E-state index is 5.75.